The molecule has 4 heterocycles. The summed E-state index contributed by atoms with van der Waals surface area (Å²) in [5, 5.41) is 3.55. The summed E-state index contributed by atoms with van der Waals surface area (Å²) >= 11 is 1.78. The first-order valence-electron chi connectivity index (χ1n) is 10.7. The predicted octanol–water partition coefficient (Wildman–Crippen LogP) is 4.91. The minimum atomic E-state index is 0.586. The third-order valence-electron chi connectivity index (χ3n) is 6.58. The van der Waals surface area contributed by atoms with Gasteiger partial charge in [-0.05, 0) is 50.8 Å². The summed E-state index contributed by atoms with van der Waals surface area (Å²) < 4.78 is 0. The molecule has 2 aromatic heterocycles. The van der Waals surface area contributed by atoms with Crippen LogP contribution in [0.4, 0.5) is 5.82 Å². The summed E-state index contributed by atoms with van der Waals surface area (Å²) in [6.45, 7) is 4.78. The molecular formula is C23H26N4S. The molecule has 1 unspecified atom stereocenters. The number of anilines is 1. The van der Waals surface area contributed by atoms with Crippen molar-refractivity contribution in [3.05, 3.63) is 41.5 Å². The largest absolute Gasteiger partial charge is 0.354 e. The molecule has 3 aromatic rings. The molecule has 3 fully saturated rings. The zero-order valence-electron chi connectivity index (χ0n) is 16.2. The van der Waals surface area contributed by atoms with Gasteiger partial charge in [-0.2, -0.15) is 0 Å². The Morgan fingerprint density at radius 1 is 0.929 bits per heavy atom. The average Bonchev–Trinajstić information content (AvgIpc) is 3.15. The molecule has 0 spiro atoms. The summed E-state index contributed by atoms with van der Waals surface area (Å²) in [6.07, 6.45) is 6.48. The lowest BCUT2D eigenvalue weighted by Gasteiger charge is -2.24. The Balaban J connectivity index is 1.43. The van der Waals surface area contributed by atoms with Crippen LogP contribution in [0.15, 0.2) is 35.7 Å². The highest BCUT2D eigenvalue weighted by atomic mass is 32.1. The normalized spacial score (nSPS) is 23.1. The van der Waals surface area contributed by atoms with Gasteiger partial charge in [0.25, 0.3) is 0 Å². The number of fused-ring (bicyclic) bond motifs is 1. The fourth-order valence-electron chi connectivity index (χ4n) is 4.86. The molecule has 5 heteroatoms. The van der Waals surface area contributed by atoms with Crippen LogP contribution in [-0.4, -0.2) is 47.1 Å². The van der Waals surface area contributed by atoms with Crippen molar-refractivity contribution in [3.8, 4) is 11.1 Å². The van der Waals surface area contributed by atoms with Crippen molar-refractivity contribution in [1.82, 2.24) is 14.9 Å². The highest BCUT2D eigenvalue weighted by Crippen LogP contribution is 2.44. The first-order chi connectivity index (χ1) is 13.9. The lowest BCUT2D eigenvalue weighted by molar-refractivity contribution is 0.260. The molecule has 28 heavy (non-hydrogen) atoms. The molecule has 0 radical (unpaired) electrons. The van der Waals surface area contributed by atoms with E-state index in [-0.39, 0.29) is 0 Å². The molecule has 6 rings (SSSR count). The first kappa shape index (κ1) is 16.9. The SMILES string of the molecule is c1ccc(-c2csc3nc(C4CC4)nc(N4CCC(N5CCCC5)C4)c23)cc1. The standard InChI is InChI=1S/C23H26N4S/c1-2-6-16(7-3-1)19-15-28-23-20(19)22(24-21(25-23)17-8-9-17)27-13-10-18(14-27)26-11-4-5-12-26/h1-3,6-7,15,17-18H,4-5,8-14H2. The molecule has 0 N–H and O–H groups in total. The van der Waals surface area contributed by atoms with Gasteiger partial charge in [-0.3, -0.25) is 4.90 Å². The van der Waals surface area contributed by atoms with E-state index in [0.717, 1.165) is 23.7 Å². The minimum Gasteiger partial charge on any atom is -0.354 e. The van der Waals surface area contributed by atoms with Crippen LogP contribution in [0.1, 0.15) is 43.8 Å². The van der Waals surface area contributed by atoms with Crippen LogP contribution >= 0.6 is 11.3 Å². The lowest BCUT2D eigenvalue weighted by Crippen LogP contribution is -2.35. The van der Waals surface area contributed by atoms with Crippen molar-refractivity contribution in [3.63, 3.8) is 0 Å². The Hall–Kier alpha value is -1.98. The second-order valence-electron chi connectivity index (χ2n) is 8.51. The second kappa shape index (κ2) is 6.82. The van der Waals surface area contributed by atoms with Crippen LogP contribution < -0.4 is 4.90 Å². The molecule has 1 atom stereocenters. The van der Waals surface area contributed by atoms with Gasteiger partial charge < -0.3 is 4.90 Å². The number of hydrogen-bond donors (Lipinski definition) is 0. The summed E-state index contributed by atoms with van der Waals surface area (Å²) in [5.74, 6) is 2.85. The Labute approximate surface area is 170 Å². The number of benzene rings is 1. The average molecular weight is 391 g/mol. The Morgan fingerprint density at radius 3 is 2.54 bits per heavy atom. The molecule has 0 amide bonds. The Kier molecular flexibility index (Phi) is 4.12. The third-order valence-corrected chi connectivity index (χ3v) is 7.45. The van der Waals surface area contributed by atoms with E-state index in [1.54, 1.807) is 11.3 Å². The first-order valence-corrected chi connectivity index (χ1v) is 11.6. The lowest BCUT2D eigenvalue weighted by atomic mass is 10.1. The van der Waals surface area contributed by atoms with Gasteiger partial charge in [0.1, 0.15) is 16.5 Å². The summed E-state index contributed by atoms with van der Waals surface area (Å²) in [5.41, 5.74) is 2.57. The molecule has 4 nitrogen and oxygen atoms in total. The van der Waals surface area contributed by atoms with E-state index in [9.17, 15) is 0 Å². The van der Waals surface area contributed by atoms with Crippen molar-refractivity contribution in [2.24, 2.45) is 0 Å². The molecule has 3 aliphatic rings. The maximum absolute atomic E-state index is 5.17. The predicted molar refractivity (Wildman–Crippen MR) is 116 cm³/mol. The van der Waals surface area contributed by atoms with Gasteiger partial charge in [0.2, 0.25) is 0 Å². The Bertz CT molecular complexity index is 989. The van der Waals surface area contributed by atoms with Crippen LogP contribution in [0.5, 0.6) is 0 Å². The number of aromatic nitrogens is 2. The van der Waals surface area contributed by atoms with Gasteiger partial charge in [-0.25, -0.2) is 9.97 Å². The summed E-state index contributed by atoms with van der Waals surface area (Å²) in [7, 11) is 0. The Morgan fingerprint density at radius 2 is 1.75 bits per heavy atom. The highest BCUT2D eigenvalue weighted by molar-refractivity contribution is 7.17. The minimum absolute atomic E-state index is 0.586. The van der Waals surface area contributed by atoms with E-state index >= 15 is 0 Å². The molecule has 0 bridgehead atoms. The zero-order chi connectivity index (χ0) is 18.5. The summed E-state index contributed by atoms with van der Waals surface area (Å²) in [6, 6.07) is 11.4. The molecule has 1 saturated carbocycles. The molecule has 144 valence electrons. The maximum atomic E-state index is 5.17. The molecule has 1 aliphatic carbocycles. The number of rotatable bonds is 4. The van der Waals surface area contributed by atoms with Gasteiger partial charge in [0.05, 0.1) is 5.39 Å². The zero-order valence-corrected chi connectivity index (χ0v) is 17.0. The highest BCUT2D eigenvalue weighted by Gasteiger charge is 2.33. The number of likely N-dealkylation sites (tertiary alicyclic amines) is 1. The van der Waals surface area contributed by atoms with E-state index in [1.165, 1.54) is 67.5 Å². The topological polar surface area (TPSA) is 32.3 Å². The molecular weight excluding hydrogens is 364 g/mol. The van der Waals surface area contributed by atoms with Crippen molar-refractivity contribution >= 4 is 27.4 Å². The fourth-order valence-corrected chi connectivity index (χ4v) is 5.81. The van der Waals surface area contributed by atoms with Crippen molar-refractivity contribution in [1.29, 1.82) is 0 Å². The summed E-state index contributed by atoms with van der Waals surface area (Å²) in [4.78, 5) is 16.6. The van der Waals surface area contributed by atoms with Gasteiger partial charge in [0, 0.05) is 36.0 Å². The van der Waals surface area contributed by atoms with Crippen LogP contribution in [0, 0.1) is 0 Å². The monoisotopic (exact) mass is 390 g/mol. The fraction of sp³-hybridized carbons (Fsp3) is 0.478. The van der Waals surface area contributed by atoms with Crippen molar-refractivity contribution < 1.29 is 0 Å². The van der Waals surface area contributed by atoms with Gasteiger partial charge in [-0.15, -0.1) is 11.3 Å². The molecule has 2 saturated heterocycles. The van der Waals surface area contributed by atoms with Crippen LogP contribution in [0.2, 0.25) is 0 Å². The number of thiophene rings is 1. The molecule has 1 aromatic carbocycles. The van der Waals surface area contributed by atoms with E-state index in [0.29, 0.717) is 12.0 Å². The van der Waals surface area contributed by atoms with Crippen LogP contribution in [-0.2, 0) is 0 Å². The second-order valence-corrected chi connectivity index (χ2v) is 9.36. The number of hydrogen-bond acceptors (Lipinski definition) is 5. The van der Waals surface area contributed by atoms with Crippen molar-refractivity contribution in [2.75, 3.05) is 31.1 Å². The quantitative estimate of drug-likeness (QED) is 0.634. The third kappa shape index (κ3) is 2.92. The van der Waals surface area contributed by atoms with Gasteiger partial charge in [0.15, 0.2) is 0 Å². The van der Waals surface area contributed by atoms with Crippen LogP contribution in [0.3, 0.4) is 0 Å². The number of nitrogens with zero attached hydrogens (tertiary/aromatic N) is 4. The van der Waals surface area contributed by atoms with E-state index in [4.69, 9.17) is 9.97 Å². The van der Waals surface area contributed by atoms with Crippen molar-refractivity contribution in [2.45, 2.75) is 44.1 Å². The van der Waals surface area contributed by atoms with Gasteiger partial charge >= 0.3 is 0 Å². The molecule has 2 aliphatic heterocycles. The van der Waals surface area contributed by atoms with Gasteiger partial charge in [-0.1, -0.05) is 30.3 Å². The maximum Gasteiger partial charge on any atom is 0.141 e. The van der Waals surface area contributed by atoms with E-state index < -0.39 is 0 Å². The van der Waals surface area contributed by atoms with E-state index in [1.807, 2.05) is 0 Å². The van der Waals surface area contributed by atoms with E-state index in [2.05, 4.69) is 45.5 Å². The smallest absolute Gasteiger partial charge is 0.141 e. The van der Waals surface area contributed by atoms with Crippen LogP contribution in [0.25, 0.3) is 21.3 Å².